The summed E-state index contributed by atoms with van der Waals surface area (Å²) in [5.41, 5.74) is 4.47. The topological polar surface area (TPSA) is 77.3 Å². The number of benzene rings is 2. The Morgan fingerprint density at radius 1 is 0.941 bits per heavy atom. The van der Waals surface area contributed by atoms with Gasteiger partial charge in [-0.3, -0.25) is 0 Å². The minimum atomic E-state index is -3.58. The Labute approximate surface area is 200 Å². The number of aromatic nitrogens is 3. The molecule has 1 saturated heterocycles. The van der Waals surface area contributed by atoms with Crippen molar-refractivity contribution in [2.45, 2.75) is 37.6 Å². The lowest BCUT2D eigenvalue weighted by molar-refractivity contribution is 0.278. The average Bonchev–Trinajstić information content (AvgIpc) is 3.23. The average molecular weight is 477 g/mol. The van der Waals surface area contributed by atoms with E-state index in [-0.39, 0.29) is 6.04 Å². The summed E-state index contributed by atoms with van der Waals surface area (Å²) < 4.78 is 35.7. The Hall–Kier alpha value is -3.23. The fourth-order valence-corrected chi connectivity index (χ4v) is 6.26. The predicted octanol–water partition coefficient (Wildman–Crippen LogP) is 4.75. The fourth-order valence-electron chi connectivity index (χ4n) is 4.71. The fraction of sp³-hybridized carbons (Fsp3) is 0.308. The van der Waals surface area contributed by atoms with E-state index in [1.165, 1.54) is 0 Å². The minimum Gasteiger partial charge on any atom is -0.496 e. The second-order valence-corrected chi connectivity index (χ2v) is 10.7. The Bertz CT molecular complexity index is 1440. The van der Waals surface area contributed by atoms with E-state index in [0.717, 1.165) is 33.8 Å². The monoisotopic (exact) mass is 476 g/mol. The van der Waals surface area contributed by atoms with Gasteiger partial charge in [0.2, 0.25) is 10.0 Å². The van der Waals surface area contributed by atoms with Crippen molar-refractivity contribution in [2.75, 3.05) is 20.2 Å². The summed E-state index contributed by atoms with van der Waals surface area (Å²) in [6, 6.07) is 19.2. The molecule has 0 spiro atoms. The third kappa shape index (κ3) is 3.97. The summed E-state index contributed by atoms with van der Waals surface area (Å²) >= 11 is 0. The van der Waals surface area contributed by atoms with Crippen LogP contribution in [0.25, 0.3) is 22.6 Å². The molecule has 5 rings (SSSR count). The van der Waals surface area contributed by atoms with Crippen molar-refractivity contribution in [1.29, 1.82) is 0 Å². The van der Waals surface area contributed by atoms with Gasteiger partial charge in [0.05, 0.1) is 12.0 Å². The molecule has 1 aliphatic rings. The molecule has 0 N–H and O–H groups in total. The van der Waals surface area contributed by atoms with Crippen LogP contribution >= 0.6 is 0 Å². The number of hydrogen-bond acceptors (Lipinski definition) is 5. The Morgan fingerprint density at radius 3 is 2.35 bits per heavy atom. The van der Waals surface area contributed by atoms with Crippen LogP contribution in [-0.4, -0.2) is 47.5 Å². The van der Waals surface area contributed by atoms with Crippen LogP contribution in [0, 0.1) is 13.8 Å². The number of hydrogen-bond donors (Lipinski definition) is 0. The summed E-state index contributed by atoms with van der Waals surface area (Å²) in [6.45, 7) is 4.72. The molecule has 34 heavy (non-hydrogen) atoms. The van der Waals surface area contributed by atoms with E-state index in [2.05, 4.69) is 16.7 Å². The van der Waals surface area contributed by atoms with Crippen LogP contribution in [0.15, 0.2) is 65.6 Å². The number of nitrogens with zero attached hydrogens (tertiary/aromatic N) is 4. The molecule has 0 unspecified atom stereocenters. The van der Waals surface area contributed by atoms with Crippen molar-refractivity contribution in [3.8, 4) is 17.1 Å². The van der Waals surface area contributed by atoms with Gasteiger partial charge in [-0.15, -0.1) is 0 Å². The zero-order chi connectivity index (χ0) is 23.9. The summed E-state index contributed by atoms with van der Waals surface area (Å²) in [7, 11) is -1.99. The highest BCUT2D eigenvalue weighted by Crippen LogP contribution is 2.34. The van der Waals surface area contributed by atoms with Gasteiger partial charge < -0.3 is 9.30 Å². The molecule has 0 saturated carbocycles. The summed E-state index contributed by atoms with van der Waals surface area (Å²) in [5.74, 6) is 1.56. The lowest BCUT2D eigenvalue weighted by Gasteiger charge is -2.32. The molecule has 1 fully saturated rings. The molecule has 2 aromatic heterocycles. The maximum absolute atomic E-state index is 13.3. The third-order valence-corrected chi connectivity index (χ3v) is 8.40. The summed E-state index contributed by atoms with van der Waals surface area (Å²) in [5, 5.41) is 0. The number of sulfonamides is 1. The number of methoxy groups -OCH3 is 1. The van der Waals surface area contributed by atoms with Gasteiger partial charge in [0, 0.05) is 30.4 Å². The molecule has 7 nitrogen and oxygen atoms in total. The van der Waals surface area contributed by atoms with E-state index >= 15 is 0 Å². The molecule has 0 atom stereocenters. The predicted molar refractivity (Wildman–Crippen MR) is 132 cm³/mol. The number of aryl methyl sites for hydroxylation is 2. The van der Waals surface area contributed by atoms with Crippen molar-refractivity contribution < 1.29 is 13.2 Å². The number of piperidine rings is 1. The molecule has 1 aliphatic heterocycles. The molecular weight excluding hydrogens is 448 g/mol. The number of rotatable bonds is 5. The largest absolute Gasteiger partial charge is 0.496 e. The molecule has 176 valence electrons. The van der Waals surface area contributed by atoms with Crippen molar-refractivity contribution in [3.63, 3.8) is 0 Å². The first kappa shape index (κ1) is 22.6. The zero-order valence-corrected chi connectivity index (χ0v) is 20.4. The first-order valence-electron chi connectivity index (χ1n) is 11.4. The molecule has 2 aromatic carbocycles. The van der Waals surface area contributed by atoms with Crippen molar-refractivity contribution in [1.82, 2.24) is 18.8 Å². The molecule has 0 aliphatic carbocycles. The van der Waals surface area contributed by atoms with E-state index in [0.29, 0.717) is 36.6 Å². The second kappa shape index (κ2) is 8.85. The smallest absolute Gasteiger partial charge is 0.243 e. The molecule has 0 radical (unpaired) electrons. The maximum atomic E-state index is 13.3. The standard InChI is InChI=1S/C26H28N4O3S/c1-18-17-22(10-12-24(18)33-3)34(31,32)29-15-13-21(14-16-29)30-25(20-7-5-4-6-8-20)28-23-11-9-19(2)27-26(23)30/h4-12,17,21H,13-16H2,1-3H3. The second-order valence-electron chi connectivity index (χ2n) is 8.73. The quantitative estimate of drug-likeness (QED) is 0.415. The van der Waals surface area contributed by atoms with Crippen LogP contribution < -0.4 is 4.74 Å². The highest BCUT2D eigenvalue weighted by Gasteiger charge is 2.32. The Balaban J connectivity index is 1.45. The number of imidazole rings is 1. The molecule has 8 heteroatoms. The van der Waals surface area contributed by atoms with Gasteiger partial charge in [0.25, 0.3) is 0 Å². The van der Waals surface area contributed by atoms with Crippen LogP contribution in [0.4, 0.5) is 0 Å². The number of fused-ring (bicyclic) bond motifs is 1. The number of pyridine rings is 1. The van der Waals surface area contributed by atoms with Crippen LogP contribution in [0.2, 0.25) is 0 Å². The Kier molecular flexibility index (Phi) is 5.87. The number of ether oxygens (including phenoxy) is 1. The molecule has 4 aromatic rings. The van der Waals surface area contributed by atoms with Crippen molar-refractivity contribution >= 4 is 21.2 Å². The van der Waals surface area contributed by atoms with Crippen molar-refractivity contribution in [2.24, 2.45) is 0 Å². The van der Waals surface area contributed by atoms with E-state index in [1.54, 1.807) is 29.6 Å². The summed E-state index contributed by atoms with van der Waals surface area (Å²) in [6.07, 6.45) is 1.38. The lowest BCUT2D eigenvalue weighted by atomic mass is 10.1. The summed E-state index contributed by atoms with van der Waals surface area (Å²) in [4.78, 5) is 10.00. The van der Waals surface area contributed by atoms with E-state index in [1.807, 2.05) is 44.2 Å². The van der Waals surface area contributed by atoms with Gasteiger partial charge in [-0.1, -0.05) is 30.3 Å². The first-order chi connectivity index (χ1) is 16.4. The molecular formula is C26H28N4O3S. The first-order valence-corrected chi connectivity index (χ1v) is 12.9. The SMILES string of the molecule is COc1ccc(S(=O)(=O)N2CCC(n3c(-c4ccccc4)nc4ccc(C)nc43)CC2)cc1C. The van der Waals surface area contributed by atoms with Crippen LogP contribution in [0.5, 0.6) is 5.75 Å². The normalized spacial score (nSPS) is 15.6. The third-order valence-electron chi connectivity index (χ3n) is 6.50. The van der Waals surface area contributed by atoms with Gasteiger partial charge in [-0.05, 0) is 62.6 Å². The minimum absolute atomic E-state index is 0.110. The van der Waals surface area contributed by atoms with Gasteiger partial charge >= 0.3 is 0 Å². The zero-order valence-electron chi connectivity index (χ0n) is 19.6. The highest BCUT2D eigenvalue weighted by molar-refractivity contribution is 7.89. The highest BCUT2D eigenvalue weighted by atomic mass is 32.2. The van der Waals surface area contributed by atoms with Crippen molar-refractivity contribution in [3.05, 3.63) is 71.9 Å². The van der Waals surface area contributed by atoms with E-state index in [9.17, 15) is 8.42 Å². The van der Waals surface area contributed by atoms with E-state index in [4.69, 9.17) is 14.7 Å². The molecule has 0 amide bonds. The van der Waals surface area contributed by atoms with E-state index < -0.39 is 10.0 Å². The maximum Gasteiger partial charge on any atom is 0.243 e. The van der Waals surface area contributed by atoms with Gasteiger partial charge in [0.15, 0.2) is 5.65 Å². The van der Waals surface area contributed by atoms with Crippen LogP contribution in [0.3, 0.4) is 0 Å². The lowest BCUT2D eigenvalue weighted by Crippen LogP contribution is -2.39. The van der Waals surface area contributed by atoms with Gasteiger partial charge in [0.1, 0.15) is 17.1 Å². The van der Waals surface area contributed by atoms with Crippen LogP contribution in [0.1, 0.15) is 30.1 Å². The molecule has 0 bridgehead atoms. The van der Waals surface area contributed by atoms with Crippen LogP contribution in [-0.2, 0) is 10.0 Å². The molecule has 3 heterocycles. The Morgan fingerprint density at radius 2 is 1.68 bits per heavy atom. The van der Waals surface area contributed by atoms with Gasteiger partial charge in [-0.25, -0.2) is 18.4 Å². The van der Waals surface area contributed by atoms with Gasteiger partial charge in [-0.2, -0.15) is 4.31 Å².